The first kappa shape index (κ1) is 16.0. The SMILES string of the molecule is CCC(CC)CN(CC)c1ccc(C(N)CC)cc1. The van der Waals surface area contributed by atoms with E-state index in [0.717, 1.165) is 25.4 Å². The van der Waals surface area contributed by atoms with E-state index in [4.69, 9.17) is 5.73 Å². The fourth-order valence-electron chi connectivity index (χ4n) is 2.44. The Morgan fingerprint density at radius 2 is 1.53 bits per heavy atom. The fourth-order valence-corrected chi connectivity index (χ4v) is 2.44. The molecule has 0 aliphatic rings. The Morgan fingerprint density at radius 1 is 0.947 bits per heavy atom. The summed E-state index contributed by atoms with van der Waals surface area (Å²) in [5.41, 5.74) is 8.62. The van der Waals surface area contributed by atoms with Gasteiger partial charge in [0, 0.05) is 24.8 Å². The van der Waals surface area contributed by atoms with Gasteiger partial charge in [-0.1, -0.05) is 45.7 Å². The summed E-state index contributed by atoms with van der Waals surface area (Å²) in [5, 5.41) is 0. The standard InChI is InChI=1S/C17H30N2/c1-5-14(6-2)13-19(8-4)16-11-9-15(10-12-16)17(18)7-3/h9-12,14,17H,5-8,13,18H2,1-4H3. The van der Waals surface area contributed by atoms with Crippen LogP contribution < -0.4 is 10.6 Å². The largest absolute Gasteiger partial charge is 0.372 e. The van der Waals surface area contributed by atoms with Crippen LogP contribution >= 0.6 is 0 Å². The Morgan fingerprint density at radius 3 is 1.95 bits per heavy atom. The van der Waals surface area contributed by atoms with E-state index >= 15 is 0 Å². The number of hydrogen-bond donors (Lipinski definition) is 1. The van der Waals surface area contributed by atoms with Crippen molar-refractivity contribution in [3.05, 3.63) is 29.8 Å². The van der Waals surface area contributed by atoms with Crippen LogP contribution in [0.4, 0.5) is 5.69 Å². The van der Waals surface area contributed by atoms with E-state index in [9.17, 15) is 0 Å². The lowest BCUT2D eigenvalue weighted by molar-refractivity contribution is 0.486. The highest BCUT2D eigenvalue weighted by molar-refractivity contribution is 5.48. The number of nitrogens with two attached hydrogens (primary N) is 1. The average Bonchev–Trinajstić information content (AvgIpc) is 2.48. The van der Waals surface area contributed by atoms with Crippen LogP contribution in [0.3, 0.4) is 0 Å². The molecule has 0 heterocycles. The summed E-state index contributed by atoms with van der Waals surface area (Å²) >= 11 is 0. The van der Waals surface area contributed by atoms with Crippen LogP contribution in [0.15, 0.2) is 24.3 Å². The number of nitrogens with zero attached hydrogens (tertiary/aromatic N) is 1. The van der Waals surface area contributed by atoms with Gasteiger partial charge in [0.15, 0.2) is 0 Å². The highest BCUT2D eigenvalue weighted by Crippen LogP contribution is 2.21. The van der Waals surface area contributed by atoms with Gasteiger partial charge in [-0.25, -0.2) is 0 Å². The molecule has 19 heavy (non-hydrogen) atoms. The van der Waals surface area contributed by atoms with Gasteiger partial charge in [0.2, 0.25) is 0 Å². The second-order valence-electron chi connectivity index (χ2n) is 5.33. The van der Waals surface area contributed by atoms with Crippen molar-refractivity contribution in [2.24, 2.45) is 11.7 Å². The number of hydrogen-bond acceptors (Lipinski definition) is 2. The third-order valence-corrected chi connectivity index (χ3v) is 4.14. The number of anilines is 1. The number of rotatable bonds is 8. The first-order valence-electron chi connectivity index (χ1n) is 7.76. The Hall–Kier alpha value is -1.02. The predicted molar refractivity (Wildman–Crippen MR) is 85.6 cm³/mol. The zero-order chi connectivity index (χ0) is 14.3. The van der Waals surface area contributed by atoms with Crippen molar-refractivity contribution < 1.29 is 0 Å². The molecular weight excluding hydrogens is 232 g/mol. The van der Waals surface area contributed by atoms with Crippen LogP contribution in [-0.2, 0) is 0 Å². The molecule has 2 heteroatoms. The Balaban J connectivity index is 2.76. The second-order valence-corrected chi connectivity index (χ2v) is 5.33. The predicted octanol–water partition coefficient (Wildman–Crippen LogP) is 4.36. The lowest BCUT2D eigenvalue weighted by Crippen LogP contribution is -2.28. The zero-order valence-electron chi connectivity index (χ0n) is 13.0. The Bertz CT molecular complexity index is 341. The molecule has 2 N–H and O–H groups in total. The quantitative estimate of drug-likeness (QED) is 0.754. The van der Waals surface area contributed by atoms with Gasteiger partial charge in [0.25, 0.3) is 0 Å². The normalized spacial score (nSPS) is 12.7. The highest BCUT2D eigenvalue weighted by atomic mass is 15.1. The molecule has 0 aliphatic heterocycles. The van der Waals surface area contributed by atoms with Crippen molar-refractivity contribution in [1.29, 1.82) is 0 Å². The third kappa shape index (κ3) is 4.54. The molecule has 2 nitrogen and oxygen atoms in total. The molecule has 0 saturated heterocycles. The van der Waals surface area contributed by atoms with Crippen LogP contribution in [0.5, 0.6) is 0 Å². The summed E-state index contributed by atoms with van der Waals surface area (Å²) in [6.45, 7) is 11.1. The van der Waals surface area contributed by atoms with Gasteiger partial charge in [-0.15, -0.1) is 0 Å². The van der Waals surface area contributed by atoms with Crippen LogP contribution in [0.1, 0.15) is 58.6 Å². The summed E-state index contributed by atoms with van der Waals surface area (Å²) in [6.07, 6.45) is 3.50. The summed E-state index contributed by atoms with van der Waals surface area (Å²) in [7, 11) is 0. The van der Waals surface area contributed by atoms with E-state index in [1.54, 1.807) is 0 Å². The van der Waals surface area contributed by atoms with E-state index in [0.29, 0.717) is 0 Å². The van der Waals surface area contributed by atoms with Crippen molar-refractivity contribution in [3.63, 3.8) is 0 Å². The second kappa shape index (κ2) is 8.21. The van der Waals surface area contributed by atoms with Gasteiger partial charge < -0.3 is 10.6 Å². The molecule has 1 atom stereocenters. The van der Waals surface area contributed by atoms with E-state index < -0.39 is 0 Å². The van der Waals surface area contributed by atoms with E-state index in [1.165, 1.54) is 24.1 Å². The van der Waals surface area contributed by atoms with E-state index in [1.807, 2.05) is 0 Å². The van der Waals surface area contributed by atoms with Crippen molar-refractivity contribution in [3.8, 4) is 0 Å². The molecule has 0 amide bonds. The molecule has 0 saturated carbocycles. The highest BCUT2D eigenvalue weighted by Gasteiger charge is 2.11. The molecule has 108 valence electrons. The molecule has 1 rings (SSSR count). The van der Waals surface area contributed by atoms with Crippen LogP contribution in [-0.4, -0.2) is 13.1 Å². The number of benzene rings is 1. The Labute approximate surface area is 119 Å². The molecular formula is C17H30N2. The minimum Gasteiger partial charge on any atom is -0.372 e. The molecule has 1 aromatic rings. The molecule has 0 bridgehead atoms. The zero-order valence-corrected chi connectivity index (χ0v) is 13.0. The van der Waals surface area contributed by atoms with Crippen LogP contribution in [0, 0.1) is 5.92 Å². The topological polar surface area (TPSA) is 29.3 Å². The molecule has 0 aromatic heterocycles. The third-order valence-electron chi connectivity index (χ3n) is 4.14. The first-order chi connectivity index (χ1) is 9.15. The molecule has 1 unspecified atom stereocenters. The minimum atomic E-state index is 0.170. The van der Waals surface area contributed by atoms with Gasteiger partial charge in [0.1, 0.15) is 0 Å². The van der Waals surface area contributed by atoms with Gasteiger partial charge in [0.05, 0.1) is 0 Å². The maximum Gasteiger partial charge on any atom is 0.0366 e. The van der Waals surface area contributed by atoms with E-state index in [2.05, 4.69) is 56.9 Å². The maximum absolute atomic E-state index is 6.06. The summed E-state index contributed by atoms with van der Waals surface area (Å²) < 4.78 is 0. The van der Waals surface area contributed by atoms with Crippen molar-refractivity contribution in [2.75, 3.05) is 18.0 Å². The van der Waals surface area contributed by atoms with Gasteiger partial charge in [-0.2, -0.15) is 0 Å². The molecule has 1 aromatic carbocycles. The minimum absolute atomic E-state index is 0.170. The van der Waals surface area contributed by atoms with Crippen molar-refractivity contribution >= 4 is 5.69 Å². The van der Waals surface area contributed by atoms with Crippen molar-refractivity contribution in [2.45, 2.75) is 53.0 Å². The van der Waals surface area contributed by atoms with Crippen LogP contribution in [0.2, 0.25) is 0 Å². The van der Waals surface area contributed by atoms with E-state index in [-0.39, 0.29) is 6.04 Å². The van der Waals surface area contributed by atoms with Gasteiger partial charge >= 0.3 is 0 Å². The average molecular weight is 262 g/mol. The van der Waals surface area contributed by atoms with Crippen molar-refractivity contribution in [1.82, 2.24) is 0 Å². The lowest BCUT2D eigenvalue weighted by atomic mass is 10.0. The molecule has 0 radical (unpaired) electrons. The molecule has 0 fully saturated rings. The maximum atomic E-state index is 6.06. The van der Waals surface area contributed by atoms with Gasteiger partial charge in [-0.3, -0.25) is 0 Å². The van der Waals surface area contributed by atoms with Gasteiger partial charge in [-0.05, 0) is 37.0 Å². The smallest absolute Gasteiger partial charge is 0.0366 e. The first-order valence-corrected chi connectivity index (χ1v) is 7.76. The molecule has 0 aliphatic carbocycles. The molecule has 0 spiro atoms. The van der Waals surface area contributed by atoms with Crippen LogP contribution in [0.25, 0.3) is 0 Å². The monoisotopic (exact) mass is 262 g/mol. The summed E-state index contributed by atoms with van der Waals surface area (Å²) in [5.74, 6) is 0.789. The fraction of sp³-hybridized carbons (Fsp3) is 0.647. The summed E-state index contributed by atoms with van der Waals surface area (Å²) in [6, 6.07) is 8.97. The Kier molecular flexibility index (Phi) is 6.93. The lowest BCUT2D eigenvalue weighted by Gasteiger charge is -2.27. The summed E-state index contributed by atoms with van der Waals surface area (Å²) in [4.78, 5) is 2.47.